The van der Waals surface area contributed by atoms with Gasteiger partial charge < -0.3 is 15.5 Å². The van der Waals surface area contributed by atoms with E-state index in [0.717, 1.165) is 17.8 Å². The summed E-state index contributed by atoms with van der Waals surface area (Å²) in [6, 6.07) is 10.1. The number of hydrogen-bond acceptors (Lipinski definition) is 6. The maximum Gasteiger partial charge on any atom is 0.225 e. The zero-order valence-corrected chi connectivity index (χ0v) is 16.7. The van der Waals surface area contributed by atoms with Gasteiger partial charge in [-0.25, -0.2) is 9.37 Å². The third kappa shape index (κ3) is 5.45. The molecule has 0 fully saturated rings. The fraction of sp³-hybridized carbons (Fsp3) is 0.211. The lowest BCUT2D eigenvalue weighted by Crippen LogP contribution is -2.21. The van der Waals surface area contributed by atoms with E-state index < -0.39 is 0 Å². The van der Waals surface area contributed by atoms with Crippen molar-refractivity contribution in [1.29, 1.82) is 0 Å². The maximum absolute atomic E-state index is 13.3. The molecule has 0 spiro atoms. The summed E-state index contributed by atoms with van der Waals surface area (Å²) < 4.78 is 14.0. The van der Waals surface area contributed by atoms with Gasteiger partial charge in [-0.15, -0.1) is 0 Å². The number of benzene rings is 1. The summed E-state index contributed by atoms with van der Waals surface area (Å²) in [6.07, 6.45) is 3.47. The van der Waals surface area contributed by atoms with Crippen molar-refractivity contribution in [2.75, 3.05) is 37.8 Å². The molecule has 2 aromatic heterocycles. The second-order valence-electron chi connectivity index (χ2n) is 6.18. The van der Waals surface area contributed by atoms with Crippen molar-refractivity contribution < 1.29 is 4.39 Å². The van der Waals surface area contributed by atoms with Crippen LogP contribution in [-0.4, -0.2) is 47.0 Å². The van der Waals surface area contributed by atoms with Crippen LogP contribution < -0.4 is 10.6 Å². The van der Waals surface area contributed by atoms with Crippen molar-refractivity contribution in [3.05, 3.63) is 59.1 Å². The largest absolute Gasteiger partial charge is 0.353 e. The molecule has 0 radical (unpaired) electrons. The van der Waals surface area contributed by atoms with Gasteiger partial charge in [0, 0.05) is 41.6 Å². The number of pyridine rings is 1. The van der Waals surface area contributed by atoms with Crippen LogP contribution in [0.1, 0.15) is 0 Å². The van der Waals surface area contributed by atoms with E-state index in [4.69, 9.17) is 0 Å². The first-order valence-corrected chi connectivity index (χ1v) is 9.21. The van der Waals surface area contributed by atoms with Gasteiger partial charge in [-0.05, 0) is 60.4 Å². The molecule has 2 heterocycles. The quantitative estimate of drug-likeness (QED) is 0.586. The Hall–Kier alpha value is -2.58. The standard InChI is InChI=1S/C19H20BrFN6/c1-27(2)9-8-23-19-25-17(13-4-3-7-22-12-13)11-18(26-19)24-16-6-5-14(21)10-15(16)20/h3-7,10-12H,8-9H2,1-2H3,(H2,23,24,25,26). The van der Waals surface area contributed by atoms with Gasteiger partial charge in [-0.2, -0.15) is 4.98 Å². The Morgan fingerprint density at radius 1 is 1.15 bits per heavy atom. The number of halogens is 2. The lowest BCUT2D eigenvalue weighted by Gasteiger charge is -2.14. The SMILES string of the molecule is CN(C)CCNc1nc(Nc2ccc(F)cc2Br)cc(-c2cccnc2)n1. The highest BCUT2D eigenvalue weighted by atomic mass is 79.9. The fourth-order valence-electron chi connectivity index (χ4n) is 2.37. The Morgan fingerprint density at radius 2 is 2.00 bits per heavy atom. The van der Waals surface area contributed by atoms with Crippen molar-refractivity contribution in [2.45, 2.75) is 0 Å². The molecule has 0 amide bonds. The molecule has 0 aliphatic heterocycles. The van der Waals surface area contributed by atoms with Crippen molar-refractivity contribution >= 4 is 33.4 Å². The molecule has 0 unspecified atom stereocenters. The lowest BCUT2D eigenvalue weighted by atomic mass is 10.2. The first kappa shape index (κ1) is 19.2. The summed E-state index contributed by atoms with van der Waals surface area (Å²) in [5.41, 5.74) is 2.34. The Labute approximate surface area is 166 Å². The summed E-state index contributed by atoms with van der Waals surface area (Å²) in [6.45, 7) is 1.57. The molecule has 1 aromatic carbocycles. The minimum absolute atomic E-state index is 0.308. The van der Waals surface area contributed by atoms with Crippen LogP contribution in [0, 0.1) is 5.82 Å². The summed E-state index contributed by atoms with van der Waals surface area (Å²) in [7, 11) is 4.02. The van der Waals surface area contributed by atoms with E-state index in [9.17, 15) is 4.39 Å². The van der Waals surface area contributed by atoms with E-state index in [1.165, 1.54) is 12.1 Å². The molecule has 0 atom stereocenters. The van der Waals surface area contributed by atoms with Crippen molar-refractivity contribution in [3.63, 3.8) is 0 Å². The maximum atomic E-state index is 13.3. The minimum atomic E-state index is -0.308. The number of anilines is 3. The van der Waals surface area contributed by atoms with E-state index in [0.29, 0.717) is 28.5 Å². The van der Waals surface area contributed by atoms with Crippen LogP contribution in [0.15, 0.2) is 53.3 Å². The van der Waals surface area contributed by atoms with Crippen LogP contribution in [0.25, 0.3) is 11.3 Å². The number of rotatable bonds is 7. The molecular weight excluding hydrogens is 411 g/mol. The average Bonchev–Trinajstić information content (AvgIpc) is 2.64. The Morgan fingerprint density at radius 3 is 2.70 bits per heavy atom. The highest BCUT2D eigenvalue weighted by molar-refractivity contribution is 9.10. The molecule has 140 valence electrons. The minimum Gasteiger partial charge on any atom is -0.353 e. The second kappa shape index (κ2) is 8.88. The van der Waals surface area contributed by atoms with E-state index in [1.807, 2.05) is 32.3 Å². The summed E-state index contributed by atoms with van der Waals surface area (Å²) >= 11 is 3.37. The van der Waals surface area contributed by atoms with E-state index >= 15 is 0 Å². The average molecular weight is 431 g/mol. The van der Waals surface area contributed by atoms with Crippen LogP contribution in [0.4, 0.5) is 21.8 Å². The smallest absolute Gasteiger partial charge is 0.225 e. The van der Waals surface area contributed by atoms with Gasteiger partial charge in [0.05, 0.1) is 11.4 Å². The Kier molecular flexibility index (Phi) is 6.31. The predicted molar refractivity (Wildman–Crippen MR) is 110 cm³/mol. The molecule has 2 N–H and O–H groups in total. The Bertz CT molecular complexity index is 904. The number of hydrogen-bond donors (Lipinski definition) is 2. The molecule has 0 aliphatic rings. The molecule has 3 aromatic rings. The molecule has 6 nitrogen and oxygen atoms in total. The second-order valence-corrected chi connectivity index (χ2v) is 7.04. The lowest BCUT2D eigenvalue weighted by molar-refractivity contribution is 0.425. The third-order valence-corrected chi connectivity index (χ3v) is 4.38. The molecule has 0 bridgehead atoms. The number of aromatic nitrogens is 3. The number of likely N-dealkylation sites (N-methyl/N-ethyl adjacent to an activating group) is 1. The molecule has 0 saturated heterocycles. The zero-order chi connectivity index (χ0) is 19.2. The molecule has 0 aliphatic carbocycles. The highest BCUT2D eigenvalue weighted by Gasteiger charge is 2.09. The first-order chi connectivity index (χ1) is 13.0. The predicted octanol–water partition coefficient (Wildman–Crippen LogP) is 4.16. The summed E-state index contributed by atoms with van der Waals surface area (Å²) in [5.74, 6) is 0.805. The van der Waals surface area contributed by atoms with Crippen LogP contribution in [0.2, 0.25) is 0 Å². The molecular formula is C19H20BrFN6. The topological polar surface area (TPSA) is 66.0 Å². The van der Waals surface area contributed by atoms with E-state index in [1.54, 1.807) is 18.5 Å². The van der Waals surface area contributed by atoms with Gasteiger partial charge in [-0.1, -0.05) is 0 Å². The van der Waals surface area contributed by atoms with Gasteiger partial charge in [0.2, 0.25) is 5.95 Å². The summed E-state index contributed by atoms with van der Waals surface area (Å²) in [4.78, 5) is 15.3. The van der Waals surface area contributed by atoms with Gasteiger partial charge in [0.1, 0.15) is 11.6 Å². The fourth-order valence-corrected chi connectivity index (χ4v) is 2.82. The highest BCUT2D eigenvalue weighted by Crippen LogP contribution is 2.28. The van der Waals surface area contributed by atoms with Crippen LogP contribution in [0.3, 0.4) is 0 Å². The van der Waals surface area contributed by atoms with Crippen LogP contribution in [-0.2, 0) is 0 Å². The van der Waals surface area contributed by atoms with Gasteiger partial charge >= 0.3 is 0 Å². The normalized spacial score (nSPS) is 10.9. The molecule has 0 saturated carbocycles. The zero-order valence-electron chi connectivity index (χ0n) is 15.1. The van der Waals surface area contributed by atoms with Crippen molar-refractivity contribution in [1.82, 2.24) is 19.9 Å². The number of nitrogens with one attached hydrogen (secondary N) is 2. The van der Waals surface area contributed by atoms with Gasteiger partial charge in [0.25, 0.3) is 0 Å². The molecule has 3 rings (SSSR count). The van der Waals surface area contributed by atoms with Crippen LogP contribution in [0.5, 0.6) is 0 Å². The van der Waals surface area contributed by atoms with Crippen molar-refractivity contribution in [2.24, 2.45) is 0 Å². The monoisotopic (exact) mass is 430 g/mol. The number of nitrogens with zero attached hydrogens (tertiary/aromatic N) is 4. The van der Waals surface area contributed by atoms with Gasteiger partial charge in [0.15, 0.2) is 0 Å². The summed E-state index contributed by atoms with van der Waals surface area (Å²) in [5, 5.41) is 6.45. The Balaban J connectivity index is 1.91. The van der Waals surface area contributed by atoms with E-state index in [2.05, 4.69) is 46.4 Å². The third-order valence-electron chi connectivity index (χ3n) is 3.72. The van der Waals surface area contributed by atoms with Gasteiger partial charge in [-0.3, -0.25) is 4.98 Å². The molecule has 27 heavy (non-hydrogen) atoms. The van der Waals surface area contributed by atoms with Crippen LogP contribution >= 0.6 is 15.9 Å². The van der Waals surface area contributed by atoms with E-state index in [-0.39, 0.29) is 5.82 Å². The van der Waals surface area contributed by atoms with Crippen molar-refractivity contribution in [3.8, 4) is 11.3 Å². The first-order valence-electron chi connectivity index (χ1n) is 8.41. The molecule has 8 heteroatoms.